The van der Waals surface area contributed by atoms with Gasteiger partial charge in [0.15, 0.2) is 0 Å². The van der Waals surface area contributed by atoms with Crippen molar-refractivity contribution in [2.45, 2.75) is 47.5 Å². The van der Waals surface area contributed by atoms with Gasteiger partial charge < -0.3 is 23.8 Å². The quantitative estimate of drug-likeness (QED) is 0.517. The molecule has 0 aliphatic carbocycles. The molecule has 1 atom stereocenters. The minimum Gasteiger partial charge on any atom is -0.382 e. The van der Waals surface area contributed by atoms with Crippen LogP contribution in [-0.4, -0.2) is 26.4 Å². The molecule has 1 radical (unpaired) electrons. The Labute approximate surface area is 163 Å². The predicted octanol–water partition coefficient (Wildman–Crippen LogP) is 6.02. The minimum absolute atomic E-state index is 0. The van der Waals surface area contributed by atoms with Gasteiger partial charge >= 0.3 is 17.4 Å². The number of hydrogen-bond acceptors (Lipinski definition) is 2. The molecule has 141 valence electrons. The van der Waals surface area contributed by atoms with Crippen molar-refractivity contribution in [1.82, 2.24) is 0 Å². The zero-order chi connectivity index (χ0) is 17.1. The Morgan fingerprint density at radius 1 is 0.917 bits per heavy atom. The molecule has 1 aromatic rings. The first-order chi connectivity index (χ1) is 10.7. The van der Waals surface area contributed by atoms with Crippen molar-refractivity contribution in [2.24, 2.45) is 5.92 Å². The van der Waals surface area contributed by atoms with Gasteiger partial charge in [-0.05, 0) is 27.7 Å². The smallest absolute Gasteiger partial charge is 0.382 e. The zero-order valence-electron chi connectivity index (χ0n) is 16.7. The Bertz CT molecular complexity index is 281. The Morgan fingerprint density at radius 2 is 1.33 bits per heavy atom. The van der Waals surface area contributed by atoms with Gasteiger partial charge in [-0.3, -0.25) is 0 Å². The third-order valence-corrected chi connectivity index (χ3v) is 2.75. The van der Waals surface area contributed by atoms with Crippen molar-refractivity contribution in [2.75, 3.05) is 26.4 Å². The van der Waals surface area contributed by atoms with E-state index < -0.39 is 0 Å². The maximum atomic E-state index is 4.83. The van der Waals surface area contributed by atoms with Gasteiger partial charge in [-0.2, -0.15) is 30.5 Å². The van der Waals surface area contributed by atoms with Gasteiger partial charge in [-0.1, -0.05) is 25.3 Å². The van der Waals surface area contributed by atoms with Gasteiger partial charge in [-0.25, -0.2) is 0 Å². The number of hydrogen-bond donors (Lipinski definition) is 0. The predicted molar refractivity (Wildman–Crippen MR) is 104 cm³/mol. The van der Waals surface area contributed by atoms with E-state index in [-0.39, 0.29) is 24.8 Å². The molecule has 0 spiro atoms. The minimum atomic E-state index is 0. The first kappa shape index (κ1) is 31.3. The summed E-state index contributed by atoms with van der Waals surface area (Å²) in [6, 6.07) is 10.5. The second-order valence-corrected chi connectivity index (χ2v) is 4.76. The van der Waals surface area contributed by atoms with Crippen LogP contribution in [0.4, 0.5) is 0 Å². The van der Waals surface area contributed by atoms with Crippen LogP contribution < -0.4 is 0 Å². The average molecular weight is 376 g/mol. The van der Waals surface area contributed by atoms with Crippen molar-refractivity contribution in [3.63, 3.8) is 0 Å². The van der Waals surface area contributed by atoms with Crippen LogP contribution in [0.5, 0.6) is 0 Å². The van der Waals surface area contributed by atoms with E-state index >= 15 is 0 Å². The van der Waals surface area contributed by atoms with Gasteiger partial charge in [0.25, 0.3) is 0 Å². The Morgan fingerprint density at radius 3 is 1.62 bits per heavy atom. The standard InChI is InChI=1S/C12H16.2C4H10O.CH3.Cr/c1-3-7-11(2)10-12-8-5-4-6-9-12;2*1-3-5-4-2;;/h4-6,8-11H,1,3,7H2,2H3;2*3-4H2,1-2H3;1H3;/q-2;;;-1;+3. The summed E-state index contributed by atoms with van der Waals surface area (Å²) in [7, 11) is 0. The summed E-state index contributed by atoms with van der Waals surface area (Å²) in [4.78, 5) is 0. The van der Waals surface area contributed by atoms with Gasteiger partial charge in [-0.15, -0.1) is 12.1 Å². The first-order valence-corrected chi connectivity index (χ1v) is 8.50. The van der Waals surface area contributed by atoms with Crippen LogP contribution in [0.3, 0.4) is 0 Å². The summed E-state index contributed by atoms with van der Waals surface area (Å²) in [6.07, 6.45) is 4.49. The van der Waals surface area contributed by atoms with E-state index in [1.807, 2.05) is 33.8 Å². The summed E-state index contributed by atoms with van der Waals surface area (Å²) in [6.45, 7) is 17.4. The zero-order valence-corrected chi connectivity index (χ0v) is 18.0. The van der Waals surface area contributed by atoms with E-state index in [0.29, 0.717) is 5.92 Å². The third-order valence-electron chi connectivity index (χ3n) is 2.75. The Hall–Kier alpha value is -0.458. The van der Waals surface area contributed by atoms with Crippen LogP contribution in [0.2, 0.25) is 0 Å². The summed E-state index contributed by atoms with van der Waals surface area (Å²) < 4.78 is 9.67. The summed E-state index contributed by atoms with van der Waals surface area (Å²) in [5, 5.41) is 0. The van der Waals surface area contributed by atoms with Gasteiger partial charge in [0, 0.05) is 26.4 Å². The van der Waals surface area contributed by atoms with Crippen molar-refractivity contribution in [3.8, 4) is 0 Å². The molecule has 1 rings (SSSR count). The molecule has 0 heterocycles. The molecule has 0 amide bonds. The maximum absolute atomic E-state index is 4.83. The van der Waals surface area contributed by atoms with E-state index in [1.54, 1.807) is 0 Å². The Kier molecular flexibility index (Phi) is 35.8. The van der Waals surface area contributed by atoms with Crippen LogP contribution in [0, 0.1) is 26.7 Å². The molecule has 0 aromatic heterocycles. The largest absolute Gasteiger partial charge is 3.00 e. The number of ether oxygens (including phenoxy) is 2. The SMILES string of the molecule is CCOCC.CCOCC.[CH2-]CCC(C)[CH-]c1ccccc1.[CH3-].[Cr+3]. The van der Waals surface area contributed by atoms with Gasteiger partial charge in [0.2, 0.25) is 0 Å². The summed E-state index contributed by atoms with van der Waals surface area (Å²) in [5.74, 6) is 0.643. The van der Waals surface area contributed by atoms with Crippen LogP contribution >= 0.6 is 0 Å². The van der Waals surface area contributed by atoms with Gasteiger partial charge in [0.1, 0.15) is 0 Å². The van der Waals surface area contributed by atoms with Crippen LogP contribution in [0.25, 0.3) is 0 Å². The molecule has 0 aliphatic rings. The molecule has 0 aliphatic heterocycles. The van der Waals surface area contributed by atoms with Crippen molar-refractivity contribution in [3.05, 3.63) is 56.7 Å². The normalized spacial score (nSPS) is 9.75. The fourth-order valence-corrected chi connectivity index (χ4v) is 1.71. The van der Waals surface area contributed by atoms with E-state index in [4.69, 9.17) is 9.47 Å². The molecule has 0 fully saturated rings. The molecule has 0 N–H and O–H groups in total. The third kappa shape index (κ3) is 26.4. The molecule has 24 heavy (non-hydrogen) atoms. The first-order valence-electron chi connectivity index (χ1n) is 8.50. The van der Waals surface area contributed by atoms with E-state index in [1.165, 1.54) is 12.0 Å². The Balaban J connectivity index is -0.000000142. The van der Waals surface area contributed by atoms with Crippen molar-refractivity contribution in [1.29, 1.82) is 0 Å². The van der Waals surface area contributed by atoms with E-state index in [9.17, 15) is 0 Å². The molecule has 0 bridgehead atoms. The van der Waals surface area contributed by atoms with E-state index in [2.05, 4.69) is 44.5 Å². The van der Waals surface area contributed by atoms with Crippen molar-refractivity contribution < 1.29 is 26.8 Å². The molecule has 1 unspecified atom stereocenters. The summed E-state index contributed by atoms with van der Waals surface area (Å²) >= 11 is 0. The molecule has 0 saturated heterocycles. The second kappa shape index (κ2) is 27.4. The molecular formula is C21H39CrO2. The van der Waals surface area contributed by atoms with Crippen LogP contribution in [0.1, 0.15) is 53.0 Å². The van der Waals surface area contributed by atoms with Crippen LogP contribution in [-0.2, 0) is 26.8 Å². The molecular weight excluding hydrogens is 336 g/mol. The van der Waals surface area contributed by atoms with Crippen LogP contribution in [0.15, 0.2) is 30.3 Å². The number of benzene rings is 1. The van der Waals surface area contributed by atoms with Gasteiger partial charge in [0.05, 0.1) is 0 Å². The maximum Gasteiger partial charge on any atom is 3.00 e. The number of rotatable bonds is 8. The van der Waals surface area contributed by atoms with Crippen molar-refractivity contribution >= 4 is 0 Å². The second-order valence-electron chi connectivity index (χ2n) is 4.76. The summed E-state index contributed by atoms with van der Waals surface area (Å²) in [5.41, 5.74) is 1.32. The molecule has 0 saturated carbocycles. The molecule has 3 heteroatoms. The average Bonchev–Trinajstić information content (AvgIpc) is 2.51. The topological polar surface area (TPSA) is 18.5 Å². The molecule has 2 nitrogen and oxygen atoms in total. The fraction of sp³-hybridized carbons (Fsp3) is 0.571. The fourth-order valence-electron chi connectivity index (χ4n) is 1.71. The van der Waals surface area contributed by atoms with E-state index in [0.717, 1.165) is 32.8 Å². The molecule has 1 aromatic carbocycles. The monoisotopic (exact) mass is 375 g/mol.